The van der Waals surface area contributed by atoms with Crippen molar-refractivity contribution in [3.05, 3.63) is 34.3 Å². The average Bonchev–Trinajstić information content (AvgIpc) is 2.64. The number of halogens is 1. The average molecular weight is 393 g/mol. The molecular weight excluding hydrogens is 376 g/mol. The van der Waals surface area contributed by atoms with Crippen molar-refractivity contribution in [2.24, 2.45) is 5.10 Å². The molecule has 2 aromatic rings. The summed E-state index contributed by atoms with van der Waals surface area (Å²) in [6.45, 7) is 2.76. The van der Waals surface area contributed by atoms with Crippen LogP contribution < -0.4 is 15.1 Å². The lowest BCUT2D eigenvalue weighted by Crippen LogP contribution is -2.37. The largest absolute Gasteiger partial charge is 0.467 e. The van der Waals surface area contributed by atoms with Gasteiger partial charge in [0.1, 0.15) is 0 Å². The van der Waals surface area contributed by atoms with E-state index in [2.05, 4.69) is 41.4 Å². The molecular formula is C15H17BrN6O2. The van der Waals surface area contributed by atoms with Crippen molar-refractivity contribution < 1.29 is 9.47 Å². The summed E-state index contributed by atoms with van der Waals surface area (Å²) < 4.78 is 11.5. The quantitative estimate of drug-likeness (QED) is 0.614. The smallest absolute Gasteiger partial charge is 0.322 e. The highest BCUT2D eigenvalue weighted by Crippen LogP contribution is 2.16. The molecule has 0 spiro atoms. The lowest BCUT2D eigenvalue weighted by molar-refractivity contribution is 0.122. The van der Waals surface area contributed by atoms with Gasteiger partial charge in [0.15, 0.2) is 0 Å². The van der Waals surface area contributed by atoms with E-state index in [9.17, 15) is 0 Å². The first-order chi connectivity index (χ1) is 11.7. The van der Waals surface area contributed by atoms with Crippen LogP contribution in [0, 0.1) is 0 Å². The number of hydrogen-bond acceptors (Lipinski definition) is 8. The van der Waals surface area contributed by atoms with Crippen molar-refractivity contribution in [1.82, 2.24) is 15.0 Å². The lowest BCUT2D eigenvalue weighted by Gasteiger charge is -2.26. The third-order valence-electron chi connectivity index (χ3n) is 3.33. The Bertz CT molecular complexity index is 704. The maximum atomic E-state index is 5.34. The standard InChI is InChI=1S/C15H17BrN6O2/c1-23-15-19-13(18-14(20-15)22-6-8-24-9-7-22)21-17-10-11-2-4-12(16)5-3-11/h2-5,10H,6-9H2,1H3,(H,18,19,20,21). The maximum absolute atomic E-state index is 5.34. The molecule has 0 atom stereocenters. The predicted molar refractivity (Wildman–Crippen MR) is 94.8 cm³/mol. The van der Waals surface area contributed by atoms with E-state index in [-0.39, 0.29) is 6.01 Å². The van der Waals surface area contributed by atoms with Crippen LogP contribution in [0.2, 0.25) is 0 Å². The first-order valence-electron chi connectivity index (χ1n) is 7.42. The van der Waals surface area contributed by atoms with Gasteiger partial charge in [-0.2, -0.15) is 20.1 Å². The van der Waals surface area contributed by atoms with Crippen LogP contribution in [-0.2, 0) is 4.74 Å². The molecule has 0 radical (unpaired) electrons. The molecule has 0 unspecified atom stereocenters. The van der Waals surface area contributed by atoms with Crippen LogP contribution in [0.3, 0.4) is 0 Å². The van der Waals surface area contributed by atoms with Gasteiger partial charge in [-0.25, -0.2) is 5.43 Å². The van der Waals surface area contributed by atoms with Gasteiger partial charge in [-0.3, -0.25) is 0 Å². The summed E-state index contributed by atoms with van der Waals surface area (Å²) in [5.41, 5.74) is 3.78. The van der Waals surface area contributed by atoms with Gasteiger partial charge in [0.25, 0.3) is 5.95 Å². The topological polar surface area (TPSA) is 84.8 Å². The molecule has 0 saturated carbocycles. The van der Waals surface area contributed by atoms with Crippen molar-refractivity contribution in [3.63, 3.8) is 0 Å². The second kappa shape index (κ2) is 8.02. The molecule has 1 aromatic carbocycles. The first kappa shape index (κ1) is 16.6. The molecule has 1 aromatic heterocycles. The van der Waals surface area contributed by atoms with Crippen LogP contribution >= 0.6 is 15.9 Å². The third kappa shape index (κ3) is 4.39. The zero-order chi connectivity index (χ0) is 16.8. The fraction of sp³-hybridized carbons (Fsp3) is 0.333. The summed E-state index contributed by atoms with van der Waals surface area (Å²) in [6.07, 6.45) is 1.69. The highest BCUT2D eigenvalue weighted by atomic mass is 79.9. The van der Waals surface area contributed by atoms with Gasteiger partial charge in [-0.05, 0) is 17.7 Å². The summed E-state index contributed by atoms with van der Waals surface area (Å²) in [5, 5.41) is 4.16. The number of nitrogens with one attached hydrogen (secondary N) is 1. The number of rotatable bonds is 5. The molecule has 1 N–H and O–H groups in total. The van der Waals surface area contributed by atoms with E-state index in [1.807, 2.05) is 29.2 Å². The summed E-state index contributed by atoms with van der Waals surface area (Å²) in [7, 11) is 1.52. The minimum Gasteiger partial charge on any atom is -0.467 e. The number of nitrogens with zero attached hydrogens (tertiary/aromatic N) is 5. The second-order valence-electron chi connectivity index (χ2n) is 4.97. The van der Waals surface area contributed by atoms with Gasteiger partial charge >= 0.3 is 6.01 Å². The van der Waals surface area contributed by atoms with Crippen molar-refractivity contribution in [1.29, 1.82) is 0 Å². The molecule has 0 aliphatic carbocycles. The molecule has 1 aliphatic heterocycles. The predicted octanol–water partition coefficient (Wildman–Crippen LogP) is 1.93. The van der Waals surface area contributed by atoms with Crippen molar-refractivity contribution in [3.8, 4) is 6.01 Å². The van der Waals surface area contributed by atoms with E-state index >= 15 is 0 Å². The van der Waals surface area contributed by atoms with E-state index in [1.54, 1.807) is 6.21 Å². The van der Waals surface area contributed by atoms with Gasteiger partial charge in [0, 0.05) is 17.6 Å². The number of anilines is 2. The number of methoxy groups -OCH3 is 1. The van der Waals surface area contributed by atoms with Crippen LogP contribution in [0.1, 0.15) is 5.56 Å². The highest BCUT2D eigenvalue weighted by Gasteiger charge is 2.16. The van der Waals surface area contributed by atoms with E-state index in [4.69, 9.17) is 9.47 Å². The maximum Gasteiger partial charge on any atom is 0.322 e. The van der Waals surface area contributed by atoms with E-state index in [0.717, 1.165) is 23.1 Å². The number of hydrogen-bond donors (Lipinski definition) is 1. The fourth-order valence-electron chi connectivity index (χ4n) is 2.11. The number of benzene rings is 1. The van der Waals surface area contributed by atoms with Crippen molar-refractivity contribution in [2.45, 2.75) is 0 Å². The van der Waals surface area contributed by atoms with Crippen LogP contribution in [-0.4, -0.2) is 54.6 Å². The van der Waals surface area contributed by atoms with Crippen LogP contribution in [0.15, 0.2) is 33.8 Å². The molecule has 24 heavy (non-hydrogen) atoms. The molecule has 0 amide bonds. The Hall–Kier alpha value is -2.26. The summed E-state index contributed by atoms with van der Waals surface area (Å²) in [6, 6.07) is 8.03. The number of hydrazone groups is 1. The molecule has 1 aliphatic rings. The van der Waals surface area contributed by atoms with Gasteiger partial charge < -0.3 is 14.4 Å². The zero-order valence-corrected chi connectivity index (χ0v) is 14.7. The highest BCUT2D eigenvalue weighted by molar-refractivity contribution is 9.10. The Balaban J connectivity index is 1.73. The van der Waals surface area contributed by atoms with Gasteiger partial charge in [-0.1, -0.05) is 28.1 Å². The minimum atomic E-state index is 0.243. The Morgan fingerprint density at radius 2 is 1.96 bits per heavy atom. The molecule has 126 valence electrons. The molecule has 1 fully saturated rings. The van der Waals surface area contributed by atoms with Crippen LogP contribution in [0.5, 0.6) is 6.01 Å². The number of ether oxygens (including phenoxy) is 2. The SMILES string of the molecule is COc1nc(NN=Cc2ccc(Br)cc2)nc(N2CCOCC2)n1. The Morgan fingerprint density at radius 1 is 1.21 bits per heavy atom. The Labute approximate surface area is 148 Å². The Kier molecular flexibility index (Phi) is 5.55. The van der Waals surface area contributed by atoms with Gasteiger partial charge in [0.05, 0.1) is 26.5 Å². The summed E-state index contributed by atoms with van der Waals surface area (Å²) in [4.78, 5) is 14.8. The third-order valence-corrected chi connectivity index (χ3v) is 3.86. The molecule has 8 nitrogen and oxygen atoms in total. The van der Waals surface area contributed by atoms with E-state index < -0.39 is 0 Å². The fourth-order valence-corrected chi connectivity index (χ4v) is 2.37. The molecule has 0 bridgehead atoms. The van der Waals surface area contributed by atoms with Gasteiger partial charge in [-0.15, -0.1) is 0 Å². The normalized spacial score (nSPS) is 14.8. The van der Waals surface area contributed by atoms with E-state index in [1.165, 1.54) is 7.11 Å². The molecule has 2 heterocycles. The minimum absolute atomic E-state index is 0.243. The Morgan fingerprint density at radius 3 is 2.67 bits per heavy atom. The number of aromatic nitrogens is 3. The molecule has 1 saturated heterocycles. The van der Waals surface area contributed by atoms with Gasteiger partial charge in [0.2, 0.25) is 5.95 Å². The first-order valence-corrected chi connectivity index (χ1v) is 8.21. The monoisotopic (exact) mass is 392 g/mol. The molecule has 9 heteroatoms. The van der Waals surface area contributed by atoms with Crippen molar-refractivity contribution in [2.75, 3.05) is 43.7 Å². The van der Waals surface area contributed by atoms with Crippen LogP contribution in [0.25, 0.3) is 0 Å². The zero-order valence-electron chi connectivity index (χ0n) is 13.1. The summed E-state index contributed by atoms with van der Waals surface area (Å²) >= 11 is 3.40. The van der Waals surface area contributed by atoms with Crippen molar-refractivity contribution >= 4 is 34.0 Å². The summed E-state index contributed by atoms with van der Waals surface area (Å²) in [5.74, 6) is 0.878. The lowest BCUT2D eigenvalue weighted by atomic mass is 10.2. The van der Waals surface area contributed by atoms with E-state index in [0.29, 0.717) is 25.1 Å². The van der Waals surface area contributed by atoms with Crippen LogP contribution in [0.4, 0.5) is 11.9 Å². The number of morpholine rings is 1. The second-order valence-corrected chi connectivity index (χ2v) is 5.88. The molecule has 3 rings (SSSR count).